The molecule has 1 unspecified atom stereocenters. The van der Waals surface area contributed by atoms with Crippen molar-refractivity contribution in [2.45, 2.75) is 32.4 Å². The summed E-state index contributed by atoms with van der Waals surface area (Å²) < 4.78 is 3.24. The maximum absolute atomic E-state index is 12.8. The van der Waals surface area contributed by atoms with Gasteiger partial charge in [0.05, 0.1) is 5.39 Å². The molecule has 3 aromatic rings. The molecule has 128 valence electrons. The minimum absolute atomic E-state index is 0.0208. The van der Waals surface area contributed by atoms with Crippen molar-refractivity contribution in [2.75, 3.05) is 0 Å². The van der Waals surface area contributed by atoms with Crippen molar-refractivity contribution in [1.82, 2.24) is 29.9 Å². The van der Waals surface area contributed by atoms with E-state index in [1.165, 1.54) is 4.68 Å². The Morgan fingerprint density at radius 2 is 2.00 bits per heavy atom. The minimum Gasteiger partial charge on any atom is -0.346 e. The van der Waals surface area contributed by atoms with E-state index in [9.17, 15) is 9.59 Å². The first kappa shape index (κ1) is 15.5. The van der Waals surface area contributed by atoms with Gasteiger partial charge in [0.1, 0.15) is 11.6 Å². The summed E-state index contributed by atoms with van der Waals surface area (Å²) in [5.41, 5.74) is 0.0542. The van der Waals surface area contributed by atoms with Gasteiger partial charge in [-0.1, -0.05) is 18.2 Å². The van der Waals surface area contributed by atoms with E-state index < -0.39 is 0 Å². The van der Waals surface area contributed by atoms with E-state index in [4.69, 9.17) is 0 Å². The van der Waals surface area contributed by atoms with Crippen LogP contribution in [0.15, 0.2) is 29.1 Å². The zero-order valence-electron chi connectivity index (χ0n) is 14.1. The lowest BCUT2D eigenvalue weighted by Crippen LogP contribution is -2.42. The molecule has 0 saturated carbocycles. The number of fused-ring (bicyclic) bond motifs is 2. The first-order valence-corrected chi connectivity index (χ1v) is 8.20. The molecule has 0 fully saturated rings. The second-order valence-corrected chi connectivity index (χ2v) is 6.31. The Kier molecular flexibility index (Phi) is 3.60. The third-order valence-electron chi connectivity index (χ3n) is 4.64. The number of hydrogen-bond acceptors (Lipinski definition) is 5. The number of carbonyl (C=O) groups excluding carboxylic acids is 1. The van der Waals surface area contributed by atoms with E-state index in [0.29, 0.717) is 17.3 Å². The molecule has 3 heterocycles. The number of carbonyl (C=O) groups is 1. The highest BCUT2D eigenvalue weighted by Gasteiger charge is 2.24. The lowest BCUT2D eigenvalue weighted by Gasteiger charge is -2.25. The van der Waals surface area contributed by atoms with Crippen LogP contribution >= 0.6 is 0 Å². The third kappa shape index (κ3) is 2.59. The van der Waals surface area contributed by atoms with Gasteiger partial charge in [-0.05, 0) is 19.4 Å². The second kappa shape index (κ2) is 5.80. The minimum atomic E-state index is -0.272. The molecule has 0 spiro atoms. The zero-order chi connectivity index (χ0) is 17.6. The van der Waals surface area contributed by atoms with Gasteiger partial charge in [-0.25, -0.2) is 4.68 Å². The molecule has 25 heavy (non-hydrogen) atoms. The second-order valence-electron chi connectivity index (χ2n) is 6.31. The van der Waals surface area contributed by atoms with Crippen LogP contribution in [0.2, 0.25) is 0 Å². The number of amides is 1. The Balaban J connectivity index is 1.64. The highest BCUT2D eigenvalue weighted by molar-refractivity contribution is 6.04. The molecule has 8 nitrogen and oxygen atoms in total. The Morgan fingerprint density at radius 1 is 1.24 bits per heavy atom. The van der Waals surface area contributed by atoms with E-state index in [1.54, 1.807) is 31.3 Å². The Hall–Kier alpha value is -3.03. The molecule has 1 atom stereocenters. The van der Waals surface area contributed by atoms with E-state index >= 15 is 0 Å². The van der Waals surface area contributed by atoms with Crippen LogP contribution in [0.1, 0.15) is 28.6 Å². The van der Waals surface area contributed by atoms with Crippen molar-refractivity contribution in [3.63, 3.8) is 0 Å². The van der Waals surface area contributed by atoms with Crippen molar-refractivity contribution in [1.29, 1.82) is 0 Å². The Bertz CT molecular complexity index is 1040. The summed E-state index contributed by atoms with van der Waals surface area (Å²) in [6, 6.07) is 7.02. The number of rotatable bonds is 2. The van der Waals surface area contributed by atoms with Crippen molar-refractivity contribution >= 4 is 16.7 Å². The van der Waals surface area contributed by atoms with Crippen LogP contribution in [0.3, 0.4) is 0 Å². The Morgan fingerprint density at radius 3 is 2.80 bits per heavy atom. The number of nitrogens with zero attached hydrogens (tertiary/aromatic N) is 5. The van der Waals surface area contributed by atoms with Gasteiger partial charge in [0, 0.05) is 31.4 Å². The maximum atomic E-state index is 12.8. The smallest absolute Gasteiger partial charge is 0.274 e. The van der Waals surface area contributed by atoms with Crippen LogP contribution in [0.25, 0.3) is 10.8 Å². The van der Waals surface area contributed by atoms with Gasteiger partial charge in [0.15, 0.2) is 5.69 Å². The molecule has 0 radical (unpaired) electrons. The number of nitrogens with one attached hydrogen (secondary N) is 1. The van der Waals surface area contributed by atoms with Gasteiger partial charge in [-0.15, -0.1) is 10.2 Å². The molecule has 1 amide bonds. The van der Waals surface area contributed by atoms with Crippen LogP contribution in [0, 0.1) is 6.92 Å². The van der Waals surface area contributed by atoms with Crippen molar-refractivity contribution < 1.29 is 4.79 Å². The van der Waals surface area contributed by atoms with Gasteiger partial charge in [-0.2, -0.15) is 5.10 Å². The predicted molar refractivity (Wildman–Crippen MR) is 91.3 cm³/mol. The monoisotopic (exact) mass is 338 g/mol. The maximum Gasteiger partial charge on any atom is 0.274 e. The normalized spacial score (nSPS) is 16.6. The summed E-state index contributed by atoms with van der Waals surface area (Å²) in [5, 5.41) is 16.5. The molecule has 0 bridgehead atoms. The van der Waals surface area contributed by atoms with Gasteiger partial charge in [0.25, 0.3) is 11.5 Å². The van der Waals surface area contributed by atoms with Crippen molar-refractivity contribution in [3.05, 3.63) is 52.0 Å². The van der Waals surface area contributed by atoms with Crippen LogP contribution in [-0.4, -0.2) is 36.5 Å². The average Bonchev–Trinajstić information content (AvgIpc) is 2.99. The number of benzene rings is 1. The van der Waals surface area contributed by atoms with Crippen LogP contribution < -0.4 is 10.9 Å². The molecule has 8 heteroatoms. The van der Waals surface area contributed by atoms with Crippen molar-refractivity contribution in [2.24, 2.45) is 7.05 Å². The summed E-state index contributed by atoms with van der Waals surface area (Å²) in [6.45, 7) is 2.55. The number of aromatic nitrogens is 5. The quantitative estimate of drug-likeness (QED) is 0.737. The van der Waals surface area contributed by atoms with Gasteiger partial charge >= 0.3 is 0 Å². The number of aryl methyl sites for hydroxylation is 3. The van der Waals surface area contributed by atoms with Crippen LogP contribution in [0.4, 0.5) is 0 Å². The summed E-state index contributed by atoms with van der Waals surface area (Å²) in [7, 11) is 1.55. The molecule has 1 aliphatic rings. The van der Waals surface area contributed by atoms with Crippen LogP contribution in [0.5, 0.6) is 0 Å². The average molecular weight is 338 g/mol. The highest BCUT2D eigenvalue weighted by atomic mass is 16.2. The van der Waals surface area contributed by atoms with Gasteiger partial charge in [-0.3, -0.25) is 9.59 Å². The van der Waals surface area contributed by atoms with Crippen molar-refractivity contribution in [3.8, 4) is 0 Å². The highest BCUT2D eigenvalue weighted by Crippen LogP contribution is 2.17. The molecule has 1 aliphatic heterocycles. The predicted octanol–water partition coefficient (Wildman–Crippen LogP) is 0.578. The van der Waals surface area contributed by atoms with E-state index in [0.717, 1.165) is 24.5 Å². The lowest BCUT2D eigenvalue weighted by atomic mass is 10.1. The Labute approximate surface area is 143 Å². The summed E-state index contributed by atoms with van der Waals surface area (Å²) in [6.07, 6.45) is 1.57. The van der Waals surface area contributed by atoms with Gasteiger partial charge < -0.3 is 9.88 Å². The molecule has 4 rings (SSSR count). The fourth-order valence-corrected chi connectivity index (χ4v) is 3.30. The summed E-state index contributed by atoms with van der Waals surface area (Å²) >= 11 is 0. The molecule has 2 aromatic heterocycles. The fraction of sp³-hybridized carbons (Fsp3) is 0.353. The fourth-order valence-electron chi connectivity index (χ4n) is 3.30. The summed E-state index contributed by atoms with van der Waals surface area (Å²) in [4.78, 5) is 25.0. The first-order chi connectivity index (χ1) is 12.0. The van der Waals surface area contributed by atoms with E-state index in [1.807, 2.05) is 11.5 Å². The lowest BCUT2D eigenvalue weighted by molar-refractivity contribution is 0.0922. The topological polar surface area (TPSA) is 94.7 Å². The standard InChI is InChI=1S/C17H18N6O2/c1-10-19-20-14-8-7-11(9-23(10)14)18-16(24)15-12-5-3-4-6-13(12)17(25)22(2)21-15/h3-6,11H,7-9H2,1-2H3,(H,18,24). The molecule has 1 aromatic carbocycles. The molecular formula is C17H18N6O2. The van der Waals surface area contributed by atoms with Crippen LogP contribution in [-0.2, 0) is 20.0 Å². The largest absolute Gasteiger partial charge is 0.346 e. The summed E-state index contributed by atoms with van der Waals surface area (Å²) in [5.74, 6) is 1.53. The molecule has 1 N–H and O–H groups in total. The molecular weight excluding hydrogens is 320 g/mol. The van der Waals surface area contributed by atoms with E-state index in [2.05, 4.69) is 20.6 Å². The number of hydrogen-bond donors (Lipinski definition) is 1. The first-order valence-electron chi connectivity index (χ1n) is 8.20. The zero-order valence-corrected chi connectivity index (χ0v) is 14.1. The molecule has 0 saturated heterocycles. The van der Waals surface area contributed by atoms with E-state index in [-0.39, 0.29) is 23.2 Å². The van der Waals surface area contributed by atoms with Gasteiger partial charge in [0.2, 0.25) is 0 Å². The molecule has 0 aliphatic carbocycles. The third-order valence-corrected chi connectivity index (χ3v) is 4.64. The SMILES string of the molecule is Cc1nnc2n1CC(NC(=O)c1nn(C)c(=O)c3ccccc13)CC2.